The zero-order chi connectivity index (χ0) is 22.1. The van der Waals surface area contributed by atoms with E-state index in [2.05, 4.69) is 10.2 Å². The van der Waals surface area contributed by atoms with E-state index in [1.165, 1.54) is 37.4 Å². The van der Waals surface area contributed by atoms with E-state index in [9.17, 15) is 22.7 Å². The van der Waals surface area contributed by atoms with Crippen LogP contribution in [0.25, 0.3) is 11.1 Å². The SMILES string of the molecule is COc1ccc(S(C)(=O)=O)cc1-c1cc(F)cc(C(CC(=O)O)c2nnc(C)o2)c1. The molecule has 0 aliphatic carbocycles. The average molecular weight is 434 g/mol. The maximum absolute atomic E-state index is 14.5. The topological polar surface area (TPSA) is 120 Å². The second-order valence-electron chi connectivity index (χ2n) is 6.72. The lowest BCUT2D eigenvalue weighted by Gasteiger charge is -2.15. The van der Waals surface area contributed by atoms with Crippen molar-refractivity contribution in [3.8, 4) is 16.9 Å². The third kappa shape index (κ3) is 4.65. The van der Waals surface area contributed by atoms with E-state index in [0.717, 1.165) is 6.26 Å². The van der Waals surface area contributed by atoms with Gasteiger partial charge in [0.25, 0.3) is 0 Å². The predicted molar refractivity (Wildman–Crippen MR) is 105 cm³/mol. The summed E-state index contributed by atoms with van der Waals surface area (Å²) in [5.41, 5.74) is 0.957. The van der Waals surface area contributed by atoms with E-state index >= 15 is 0 Å². The fraction of sp³-hybridized carbons (Fsp3) is 0.250. The van der Waals surface area contributed by atoms with Crippen LogP contribution in [0.3, 0.4) is 0 Å². The molecule has 0 amide bonds. The van der Waals surface area contributed by atoms with E-state index in [1.807, 2.05) is 0 Å². The molecular weight excluding hydrogens is 415 g/mol. The summed E-state index contributed by atoms with van der Waals surface area (Å²) in [4.78, 5) is 11.4. The summed E-state index contributed by atoms with van der Waals surface area (Å²) in [5.74, 6) is -2.02. The number of aliphatic carboxylic acids is 1. The molecule has 0 spiro atoms. The highest BCUT2D eigenvalue weighted by molar-refractivity contribution is 7.90. The number of aryl methyl sites for hydroxylation is 1. The Labute approximate surface area is 172 Å². The molecule has 1 N–H and O–H groups in total. The minimum absolute atomic E-state index is 0.0405. The molecular formula is C20H19FN2O6S. The second kappa shape index (κ2) is 8.23. The van der Waals surface area contributed by atoms with Crippen LogP contribution in [0.15, 0.2) is 45.7 Å². The number of carboxylic acids is 1. The molecule has 158 valence electrons. The number of carbonyl (C=O) groups is 1. The third-order valence-corrected chi connectivity index (χ3v) is 5.56. The maximum atomic E-state index is 14.5. The van der Waals surface area contributed by atoms with Crippen molar-refractivity contribution in [2.24, 2.45) is 0 Å². The molecule has 1 heterocycles. The number of carboxylic acid groups (broad SMARTS) is 1. The molecule has 2 aromatic carbocycles. The molecule has 8 nitrogen and oxygen atoms in total. The molecule has 0 saturated heterocycles. The largest absolute Gasteiger partial charge is 0.496 e. The first-order valence-electron chi connectivity index (χ1n) is 8.79. The van der Waals surface area contributed by atoms with Crippen LogP contribution >= 0.6 is 0 Å². The lowest BCUT2D eigenvalue weighted by Crippen LogP contribution is -2.09. The van der Waals surface area contributed by atoms with Gasteiger partial charge in [-0.3, -0.25) is 4.79 Å². The van der Waals surface area contributed by atoms with Gasteiger partial charge in [0.05, 0.1) is 24.3 Å². The first-order valence-corrected chi connectivity index (χ1v) is 10.7. The van der Waals surface area contributed by atoms with Crippen LogP contribution in [-0.2, 0) is 14.6 Å². The molecule has 0 aliphatic rings. The van der Waals surface area contributed by atoms with E-state index in [-0.39, 0.29) is 16.7 Å². The van der Waals surface area contributed by atoms with Crippen molar-refractivity contribution in [2.45, 2.75) is 24.2 Å². The van der Waals surface area contributed by atoms with Crippen molar-refractivity contribution in [3.05, 3.63) is 59.6 Å². The van der Waals surface area contributed by atoms with Crippen LogP contribution < -0.4 is 4.74 Å². The highest BCUT2D eigenvalue weighted by atomic mass is 32.2. The lowest BCUT2D eigenvalue weighted by atomic mass is 9.92. The smallest absolute Gasteiger partial charge is 0.304 e. The number of benzene rings is 2. The quantitative estimate of drug-likeness (QED) is 0.602. The minimum atomic E-state index is -3.51. The van der Waals surface area contributed by atoms with Gasteiger partial charge in [-0.25, -0.2) is 12.8 Å². The van der Waals surface area contributed by atoms with Crippen LogP contribution in [0.1, 0.15) is 29.7 Å². The lowest BCUT2D eigenvalue weighted by molar-refractivity contribution is -0.137. The number of rotatable bonds is 7. The summed E-state index contributed by atoms with van der Waals surface area (Å²) in [6.45, 7) is 1.56. The Morgan fingerprint density at radius 3 is 2.53 bits per heavy atom. The van der Waals surface area contributed by atoms with Crippen molar-refractivity contribution in [2.75, 3.05) is 13.4 Å². The maximum Gasteiger partial charge on any atom is 0.304 e. The standard InChI is InChI=1S/C20H19FN2O6S/c1-11-22-23-20(29-11)17(10-19(24)25)13-6-12(7-14(21)8-13)16-9-15(30(3,26)27)4-5-18(16)28-2/h4-9,17H,10H2,1-3H3,(H,24,25). The normalized spacial score (nSPS) is 12.5. The van der Waals surface area contributed by atoms with E-state index in [0.29, 0.717) is 22.4 Å². The Hall–Kier alpha value is -3.27. The zero-order valence-corrected chi connectivity index (χ0v) is 17.2. The Bertz CT molecular complexity index is 1210. The van der Waals surface area contributed by atoms with Crippen molar-refractivity contribution in [3.63, 3.8) is 0 Å². The molecule has 0 fully saturated rings. The summed E-state index contributed by atoms with van der Waals surface area (Å²) in [7, 11) is -2.10. The van der Waals surface area contributed by atoms with Gasteiger partial charge in [-0.2, -0.15) is 0 Å². The van der Waals surface area contributed by atoms with Gasteiger partial charge >= 0.3 is 5.97 Å². The van der Waals surface area contributed by atoms with Crippen LogP contribution in [0.4, 0.5) is 4.39 Å². The molecule has 0 radical (unpaired) electrons. The summed E-state index contributed by atoms with van der Waals surface area (Å²) < 4.78 is 49.1. The van der Waals surface area contributed by atoms with Crippen LogP contribution in [0.5, 0.6) is 5.75 Å². The average Bonchev–Trinajstić information content (AvgIpc) is 3.10. The van der Waals surface area contributed by atoms with Crippen molar-refractivity contribution in [1.29, 1.82) is 0 Å². The molecule has 1 unspecified atom stereocenters. The van der Waals surface area contributed by atoms with Gasteiger partial charge in [-0.1, -0.05) is 0 Å². The van der Waals surface area contributed by atoms with Crippen molar-refractivity contribution < 1.29 is 31.9 Å². The Balaban J connectivity index is 2.19. The number of nitrogens with zero attached hydrogens (tertiary/aromatic N) is 2. The van der Waals surface area contributed by atoms with Gasteiger partial charge < -0.3 is 14.3 Å². The molecule has 1 atom stereocenters. The number of hydrogen-bond donors (Lipinski definition) is 1. The Morgan fingerprint density at radius 1 is 1.23 bits per heavy atom. The molecule has 0 saturated carbocycles. The first kappa shape index (κ1) is 21.4. The van der Waals surface area contributed by atoms with Crippen LogP contribution in [0, 0.1) is 12.7 Å². The van der Waals surface area contributed by atoms with Gasteiger partial charge in [-0.15, -0.1) is 10.2 Å². The number of halogens is 1. The van der Waals surface area contributed by atoms with Crippen LogP contribution in [0.2, 0.25) is 0 Å². The summed E-state index contributed by atoms with van der Waals surface area (Å²) in [6, 6.07) is 8.21. The van der Waals surface area contributed by atoms with Crippen molar-refractivity contribution >= 4 is 15.8 Å². The summed E-state index contributed by atoms with van der Waals surface area (Å²) >= 11 is 0. The van der Waals surface area contributed by atoms with E-state index in [4.69, 9.17) is 9.15 Å². The van der Waals surface area contributed by atoms with Crippen molar-refractivity contribution in [1.82, 2.24) is 10.2 Å². The number of methoxy groups -OCH3 is 1. The fourth-order valence-corrected chi connectivity index (χ4v) is 3.73. The Morgan fingerprint density at radius 2 is 1.97 bits per heavy atom. The molecule has 0 bridgehead atoms. The molecule has 1 aromatic heterocycles. The third-order valence-electron chi connectivity index (χ3n) is 4.45. The number of sulfone groups is 1. The van der Waals surface area contributed by atoms with Gasteiger partial charge in [0.2, 0.25) is 11.8 Å². The van der Waals surface area contributed by atoms with Gasteiger partial charge in [-0.05, 0) is 47.5 Å². The molecule has 3 aromatic rings. The van der Waals surface area contributed by atoms with E-state index < -0.39 is 34.0 Å². The van der Waals surface area contributed by atoms with Gasteiger partial charge in [0.15, 0.2) is 9.84 Å². The Kier molecular flexibility index (Phi) is 5.88. The van der Waals surface area contributed by atoms with E-state index in [1.54, 1.807) is 13.0 Å². The molecule has 3 rings (SSSR count). The summed E-state index contributed by atoms with van der Waals surface area (Å²) in [6.07, 6.45) is 0.668. The fourth-order valence-electron chi connectivity index (χ4n) is 3.09. The molecule has 0 aliphatic heterocycles. The zero-order valence-electron chi connectivity index (χ0n) is 16.4. The molecule has 30 heavy (non-hydrogen) atoms. The molecule has 10 heteroatoms. The number of aromatic nitrogens is 2. The number of ether oxygens (including phenoxy) is 1. The predicted octanol–water partition coefficient (Wildman–Crippen LogP) is 3.20. The highest BCUT2D eigenvalue weighted by Crippen LogP contribution is 2.36. The van der Waals surface area contributed by atoms with Crippen LogP contribution in [-0.4, -0.2) is 43.1 Å². The monoisotopic (exact) mass is 434 g/mol. The highest BCUT2D eigenvalue weighted by Gasteiger charge is 2.25. The summed E-state index contributed by atoms with van der Waals surface area (Å²) in [5, 5.41) is 16.9. The number of hydrogen-bond acceptors (Lipinski definition) is 7. The second-order valence-corrected chi connectivity index (χ2v) is 8.73. The first-order chi connectivity index (χ1) is 14.1. The van der Waals surface area contributed by atoms with Gasteiger partial charge in [0.1, 0.15) is 11.6 Å². The minimum Gasteiger partial charge on any atom is -0.496 e. The van der Waals surface area contributed by atoms with Gasteiger partial charge in [0, 0.05) is 18.7 Å².